The quantitative estimate of drug-likeness (QED) is 0.498. The lowest BCUT2D eigenvalue weighted by Crippen LogP contribution is -2.37. The summed E-state index contributed by atoms with van der Waals surface area (Å²) in [5.74, 6) is 1.66. The van der Waals surface area contributed by atoms with Crippen LogP contribution in [0.1, 0.15) is 13.8 Å². The molecule has 2 aromatic heterocycles. The molecule has 0 fully saturated rings. The average Bonchev–Trinajstić information content (AvgIpc) is 3.18. The number of methoxy groups -OCH3 is 3. The summed E-state index contributed by atoms with van der Waals surface area (Å²) in [6.45, 7) is 3.85. The number of ether oxygens (including phenoxy) is 4. The Morgan fingerprint density at radius 2 is 1.81 bits per heavy atom. The van der Waals surface area contributed by atoms with E-state index in [1.54, 1.807) is 18.3 Å². The van der Waals surface area contributed by atoms with Crippen LogP contribution in [0.2, 0.25) is 0 Å². The molecule has 2 heterocycles. The molecule has 3 N–H and O–H groups in total. The van der Waals surface area contributed by atoms with Gasteiger partial charge >= 0.3 is 6.09 Å². The van der Waals surface area contributed by atoms with Crippen LogP contribution in [0.3, 0.4) is 0 Å². The van der Waals surface area contributed by atoms with E-state index < -0.39 is 11.5 Å². The first-order valence-corrected chi connectivity index (χ1v) is 9.53. The van der Waals surface area contributed by atoms with E-state index in [2.05, 4.69) is 20.3 Å². The summed E-state index contributed by atoms with van der Waals surface area (Å²) < 4.78 is 21.5. The number of aromatic nitrogens is 3. The molecule has 10 nitrogen and oxygen atoms in total. The number of rotatable bonds is 8. The van der Waals surface area contributed by atoms with Crippen molar-refractivity contribution in [1.29, 1.82) is 0 Å². The van der Waals surface area contributed by atoms with E-state index in [-0.39, 0.29) is 18.9 Å². The maximum Gasteiger partial charge on any atom is 0.412 e. The van der Waals surface area contributed by atoms with Crippen molar-refractivity contribution in [2.75, 3.05) is 34.5 Å². The number of H-pyrrole nitrogens is 1. The maximum absolute atomic E-state index is 12.2. The number of carbonyl (C=O) groups is 1. The van der Waals surface area contributed by atoms with E-state index >= 15 is 0 Å². The number of hydrogen-bond donors (Lipinski definition) is 3. The molecule has 0 saturated carbocycles. The van der Waals surface area contributed by atoms with Gasteiger partial charge in [-0.15, -0.1) is 0 Å². The second-order valence-corrected chi connectivity index (χ2v) is 7.58. The van der Waals surface area contributed by atoms with E-state index in [1.165, 1.54) is 27.5 Å². The first kappa shape index (κ1) is 22.2. The summed E-state index contributed by atoms with van der Waals surface area (Å²) >= 11 is 0. The number of carbonyl (C=O) groups excluding carboxylic acids is 1. The van der Waals surface area contributed by atoms with Crippen LogP contribution < -0.4 is 24.3 Å². The number of nitrogens with zero attached hydrogens (tertiary/aromatic N) is 2. The molecule has 0 aliphatic carbocycles. The first-order valence-electron chi connectivity index (χ1n) is 9.53. The summed E-state index contributed by atoms with van der Waals surface area (Å²) in [7, 11) is 4.59. The molecule has 0 unspecified atom stereocenters. The molecule has 0 saturated heterocycles. The number of nitrogens with one attached hydrogen (secondary N) is 2. The Labute approximate surface area is 179 Å². The van der Waals surface area contributed by atoms with Crippen LogP contribution in [-0.4, -0.2) is 60.6 Å². The Balaban J connectivity index is 1.91. The lowest BCUT2D eigenvalue weighted by atomic mass is 9.95. The standard InChI is InChI=1S/C21H26N4O6/c1-21(2,11-26)10-24-20(27)31-16-9-23-19-17(16)25-13(8-22-19)12-6-14(28-3)18(30-5)15(7-12)29-4/h6-9,26H,10-11H2,1-5H3,(H,22,23)(H,24,27). The molecule has 1 amide bonds. The van der Waals surface area contributed by atoms with Crippen molar-refractivity contribution in [2.45, 2.75) is 13.8 Å². The molecular weight excluding hydrogens is 404 g/mol. The Kier molecular flexibility index (Phi) is 6.50. The third-order valence-corrected chi connectivity index (χ3v) is 4.65. The van der Waals surface area contributed by atoms with Gasteiger partial charge in [0.15, 0.2) is 28.4 Å². The smallest absolute Gasteiger partial charge is 0.412 e. The number of aromatic amines is 1. The predicted molar refractivity (Wildman–Crippen MR) is 114 cm³/mol. The summed E-state index contributed by atoms with van der Waals surface area (Å²) in [4.78, 5) is 24.1. The number of benzene rings is 1. The van der Waals surface area contributed by atoms with E-state index in [0.717, 1.165) is 0 Å². The van der Waals surface area contributed by atoms with Gasteiger partial charge in [0.05, 0.1) is 33.2 Å². The average molecular weight is 430 g/mol. The van der Waals surface area contributed by atoms with Crippen LogP contribution in [0, 0.1) is 5.41 Å². The van der Waals surface area contributed by atoms with Crippen LogP contribution in [0.5, 0.6) is 23.0 Å². The number of fused-ring (bicyclic) bond motifs is 1. The zero-order valence-corrected chi connectivity index (χ0v) is 18.1. The Hall–Kier alpha value is -3.53. The number of amides is 1. The van der Waals surface area contributed by atoms with Crippen molar-refractivity contribution in [3.8, 4) is 34.3 Å². The van der Waals surface area contributed by atoms with Gasteiger partial charge in [0.1, 0.15) is 0 Å². The van der Waals surface area contributed by atoms with Gasteiger partial charge in [0.2, 0.25) is 5.75 Å². The summed E-state index contributed by atoms with van der Waals surface area (Å²) in [5, 5.41) is 11.9. The van der Waals surface area contributed by atoms with Crippen LogP contribution in [0.25, 0.3) is 22.4 Å². The highest BCUT2D eigenvalue weighted by Gasteiger charge is 2.20. The Morgan fingerprint density at radius 1 is 1.13 bits per heavy atom. The Bertz CT molecular complexity index is 1050. The number of aliphatic hydroxyl groups is 1. The minimum absolute atomic E-state index is 0.0655. The maximum atomic E-state index is 12.2. The highest BCUT2D eigenvalue weighted by molar-refractivity contribution is 5.84. The fourth-order valence-electron chi connectivity index (χ4n) is 2.82. The van der Waals surface area contributed by atoms with Gasteiger partial charge in [0.25, 0.3) is 0 Å². The van der Waals surface area contributed by atoms with Gasteiger partial charge in [-0.2, -0.15) is 0 Å². The van der Waals surface area contributed by atoms with Crippen molar-refractivity contribution in [2.24, 2.45) is 5.41 Å². The normalized spacial score (nSPS) is 11.3. The van der Waals surface area contributed by atoms with Gasteiger partial charge in [-0.25, -0.2) is 14.8 Å². The highest BCUT2D eigenvalue weighted by Crippen LogP contribution is 2.41. The zero-order chi connectivity index (χ0) is 22.6. The molecule has 31 heavy (non-hydrogen) atoms. The number of hydrogen-bond acceptors (Lipinski definition) is 8. The monoisotopic (exact) mass is 430 g/mol. The molecule has 0 bridgehead atoms. The van der Waals surface area contributed by atoms with Gasteiger partial charge in [-0.1, -0.05) is 13.8 Å². The van der Waals surface area contributed by atoms with Crippen molar-refractivity contribution in [1.82, 2.24) is 20.3 Å². The highest BCUT2D eigenvalue weighted by atomic mass is 16.6. The van der Waals surface area contributed by atoms with Crippen molar-refractivity contribution in [3.05, 3.63) is 24.5 Å². The molecule has 10 heteroatoms. The topological polar surface area (TPSA) is 128 Å². The third-order valence-electron chi connectivity index (χ3n) is 4.65. The van der Waals surface area contributed by atoms with Gasteiger partial charge in [-0.05, 0) is 12.1 Å². The molecule has 0 atom stereocenters. The van der Waals surface area contributed by atoms with Crippen LogP contribution in [0.4, 0.5) is 4.79 Å². The lowest BCUT2D eigenvalue weighted by Gasteiger charge is -2.21. The molecule has 166 valence electrons. The van der Waals surface area contributed by atoms with E-state index in [9.17, 15) is 9.90 Å². The molecule has 0 radical (unpaired) electrons. The largest absolute Gasteiger partial charge is 0.493 e. The summed E-state index contributed by atoms with van der Waals surface area (Å²) in [5.41, 5.74) is 1.61. The first-order chi connectivity index (χ1) is 14.8. The van der Waals surface area contributed by atoms with E-state index in [4.69, 9.17) is 18.9 Å². The van der Waals surface area contributed by atoms with E-state index in [0.29, 0.717) is 39.7 Å². The predicted octanol–water partition coefficient (Wildman–Crippen LogP) is 2.76. The van der Waals surface area contributed by atoms with Crippen LogP contribution in [0.15, 0.2) is 24.5 Å². The lowest BCUT2D eigenvalue weighted by molar-refractivity contribution is 0.150. The minimum atomic E-state index is -0.651. The van der Waals surface area contributed by atoms with Crippen molar-refractivity contribution < 1.29 is 28.8 Å². The van der Waals surface area contributed by atoms with E-state index in [1.807, 2.05) is 13.8 Å². The van der Waals surface area contributed by atoms with Crippen LogP contribution in [-0.2, 0) is 0 Å². The molecular formula is C21H26N4O6. The second-order valence-electron chi connectivity index (χ2n) is 7.58. The molecule has 3 aromatic rings. The van der Waals surface area contributed by atoms with Crippen molar-refractivity contribution in [3.63, 3.8) is 0 Å². The van der Waals surface area contributed by atoms with Gasteiger partial charge in [-0.3, -0.25) is 0 Å². The van der Waals surface area contributed by atoms with Crippen LogP contribution >= 0.6 is 0 Å². The third kappa shape index (κ3) is 4.80. The molecule has 0 aliphatic rings. The summed E-state index contributed by atoms with van der Waals surface area (Å²) in [6.07, 6.45) is 2.45. The molecule has 0 aliphatic heterocycles. The van der Waals surface area contributed by atoms with Gasteiger partial charge < -0.3 is 34.4 Å². The second kappa shape index (κ2) is 9.09. The van der Waals surface area contributed by atoms with Gasteiger partial charge in [0, 0.05) is 30.3 Å². The minimum Gasteiger partial charge on any atom is -0.493 e. The summed E-state index contributed by atoms with van der Waals surface area (Å²) in [6, 6.07) is 3.52. The molecule has 3 rings (SSSR count). The Morgan fingerprint density at radius 3 is 2.39 bits per heavy atom. The fraction of sp³-hybridized carbons (Fsp3) is 0.381. The zero-order valence-electron chi connectivity index (χ0n) is 18.1. The number of aliphatic hydroxyl groups excluding tert-OH is 1. The van der Waals surface area contributed by atoms with Crippen molar-refractivity contribution >= 4 is 17.3 Å². The fourth-order valence-corrected chi connectivity index (χ4v) is 2.82. The SMILES string of the molecule is COc1cc(-c2cnc3[nH]cc(OC(=O)NCC(C)(C)CO)c3n2)cc(OC)c1OC. The molecule has 1 aromatic carbocycles. The molecule has 0 spiro atoms.